The molecule has 0 aliphatic carbocycles. The Morgan fingerprint density at radius 1 is 1.14 bits per heavy atom. The minimum absolute atomic E-state index is 0.0219. The van der Waals surface area contributed by atoms with Crippen LogP contribution in [0.5, 0.6) is 5.75 Å². The van der Waals surface area contributed by atoms with Gasteiger partial charge in [-0.3, -0.25) is 9.78 Å². The Morgan fingerprint density at radius 3 is 2.43 bits per heavy atom. The first kappa shape index (κ1) is 20.3. The number of β-amino-alcohol motifs (C(OH)–C–C–N with tert-alkyl or cyclic N) is 1. The summed E-state index contributed by atoms with van der Waals surface area (Å²) >= 11 is 0. The summed E-state index contributed by atoms with van der Waals surface area (Å²) in [5.41, 5.74) is 3.27. The molecule has 1 aromatic heterocycles. The van der Waals surface area contributed by atoms with Gasteiger partial charge in [-0.25, -0.2) is 0 Å². The molecule has 28 heavy (non-hydrogen) atoms. The summed E-state index contributed by atoms with van der Waals surface area (Å²) in [7, 11) is 0. The lowest BCUT2D eigenvalue weighted by Crippen LogP contribution is -2.30. The van der Waals surface area contributed by atoms with E-state index in [0.29, 0.717) is 18.5 Å². The summed E-state index contributed by atoms with van der Waals surface area (Å²) in [6.45, 7) is 8.95. The summed E-state index contributed by atoms with van der Waals surface area (Å²) in [4.78, 5) is 18.9. The molecule has 1 aliphatic rings. The van der Waals surface area contributed by atoms with Gasteiger partial charge in [0.25, 0.3) is 5.91 Å². The Balaban J connectivity index is 1.84. The van der Waals surface area contributed by atoms with E-state index in [2.05, 4.69) is 18.8 Å². The van der Waals surface area contributed by atoms with Crippen LogP contribution in [0.15, 0.2) is 36.7 Å². The molecule has 5 heteroatoms. The zero-order valence-electron chi connectivity index (χ0n) is 17.1. The van der Waals surface area contributed by atoms with E-state index in [1.165, 1.54) is 0 Å². The van der Waals surface area contributed by atoms with E-state index in [9.17, 15) is 15.0 Å². The van der Waals surface area contributed by atoms with Gasteiger partial charge in [-0.2, -0.15) is 0 Å². The number of nitrogens with zero attached hydrogens (tertiary/aromatic N) is 2. The number of likely N-dealkylation sites (tertiary alicyclic amines) is 1. The quantitative estimate of drug-likeness (QED) is 0.827. The number of aromatic hydroxyl groups is 1. The van der Waals surface area contributed by atoms with Crippen LogP contribution in [0, 0.1) is 5.92 Å². The number of phenols is 1. The van der Waals surface area contributed by atoms with E-state index in [0.717, 1.165) is 16.7 Å². The number of carbonyl (C=O) groups is 1. The molecule has 5 nitrogen and oxygen atoms in total. The van der Waals surface area contributed by atoms with Crippen LogP contribution >= 0.6 is 0 Å². The average Bonchev–Trinajstić information content (AvgIpc) is 3.02. The summed E-state index contributed by atoms with van der Waals surface area (Å²) in [5, 5.41) is 21.2. The van der Waals surface area contributed by atoms with Gasteiger partial charge in [0.1, 0.15) is 5.75 Å². The normalized spacial score (nSPS) is 19.6. The number of pyridine rings is 1. The first-order valence-electron chi connectivity index (χ1n) is 10.0. The molecule has 0 saturated carbocycles. The Hall–Kier alpha value is -2.40. The van der Waals surface area contributed by atoms with Gasteiger partial charge in [0.2, 0.25) is 0 Å². The molecule has 0 unspecified atom stereocenters. The van der Waals surface area contributed by atoms with Crippen LogP contribution in [-0.4, -0.2) is 45.2 Å². The number of phenolic OH excluding ortho intramolecular Hbond substituents is 1. The molecule has 2 atom stereocenters. The smallest absolute Gasteiger partial charge is 0.257 e. The fourth-order valence-corrected chi connectivity index (χ4v) is 3.83. The van der Waals surface area contributed by atoms with Gasteiger partial charge in [-0.1, -0.05) is 33.8 Å². The van der Waals surface area contributed by atoms with Gasteiger partial charge < -0.3 is 15.1 Å². The minimum atomic E-state index is -0.572. The average molecular weight is 383 g/mol. The number of aliphatic hydroxyl groups is 1. The van der Waals surface area contributed by atoms with Crippen molar-refractivity contribution < 1.29 is 15.0 Å². The molecule has 1 aliphatic heterocycles. The fraction of sp³-hybridized carbons (Fsp3) is 0.478. The van der Waals surface area contributed by atoms with E-state index in [4.69, 9.17) is 0 Å². The van der Waals surface area contributed by atoms with Crippen LogP contribution in [0.25, 0.3) is 0 Å². The first-order valence-corrected chi connectivity index (χ1v) is 10.0. The van der Waals surface area contributed by atoms with Gasteiger partial charge in [0.05, 0.1) is 11.7 Å². The summed E-state index contributed by atoms with van der Waals surface area (Å²) in [5.74, 6) is 0.211. The topological polar surface area (TPSA) is 73.7 Å². The zero-order valence-corrected chi connectivity index (χ0v) is 17.1. The maximum atomic E-state index is 13.2. The van der Waals surface area contributed by atoms with Crippen LogP contribution in [0.4, 0.5) is 0 Å². The molecule has 150 valence electrons. The number of amides is 1. The Labute approximate surface area is 167 Å². The first-order chi connectivity index (χ1) is 13.3. The van der Waals surface area contributed by atoms with Crippen molar-refractivity contribution in [2.45, 2.75) is 52.1 Å². The van der Waals surface area contributed by atoms with Crippen molar-refractivity contribution in [3.63, 3.8) is 0 Å². The number of aliphatic hydroxyl groups excluding tert-OH is 1. The summed E-state index contributed by atoms with van der Waals surface area (Å²) in [6.07, 6.45) is 3.60. The van der Waals surface area contributed by atoms with Crippen LogP contribution in [0.2, 0.25) is 0 Å². The third-order valence-corrected chi connectivity index (χ3v) is 5.62. The van der Waals surface area contributed by atoms with Crippen LogP contribution in [0.1, 0.15) is 66.6 Å². The van der Waals surface area contributed by atoms with Gasteiger partial charge in [-0.05, 0) is 53.1 Å². The Morgan fingerprint density at radius 2 is 1.82 bits per heavy atom. The van der Waals surface area contributed by atoms with E-state index in [1.54, 1.807) is 23.4 Å². The highest BCUT2D eigenvalue weighted by atomic mass is 16.3. The predicted octanol–water partition coefficient (Wildman–Crippen LogP) is 3.71. The van der Waals surface area contributed by atoms with Crippen LogP contribution in [0.3, 0.4) is 0 Å². The third-order valence-electron chi connectivity index (χ3n) is 5.62. The van der Waals surface area contributed by atoms with E-state index < -0.39 is 6.10 Å². The maximum Gasteiger partial charge on any atom is 0.257 e. The monoisotopic (exact) mass is 382 g/mol. The molecule has 1 fully saturated rings. The molecule has 0 radical (unpaired) electrons. The maximum absolute atomic E-state index is 13.2. The van der Waals surface area contributed by atoms with Crippen LogP contribution < -0.4 is 0 Å². The fourth-order valence-electron chi connectivity index (χ4n) is 3.83. The second kappa shape index (κ2) is 8.31. The van der Waals surface area contributed by atoms with Gasteiger partial charge in [-0.15, -0.1) is 0 Å². The second-order valence-corrected chi connectivity index (χ2v) is 8.41. The number of aromatic nitrogens is 1. The van der Waals surface area contributed by atoms with Crippen molar-refractivity contribution in [1.82, 2.24) is 9.88 Å². The van der Waals surface area contributed by atoms with Crippen molar-refractivity contribution in [2.75, 3.05) is 13.1 Å². The summed E-state index contributed by atoms with van der Waals surface area (Å²) in [6, 6.07) is 7.66. The molecule has 1 saturated heterocycles. The predicted molar refractivity (Wildman–Crippen MR) is 110 cm³/mol. The molecule has 0 bridgehead atoms. The number of hydrogen-bond donors (Lipinski definition) is 2. The number of carbonyl (C=O) groups excluding carboxylic acids is 1. The minimum Gasteiger partial charge on any atom is -0.507 e. The molecule has 1 amide bonds. The molecule has 3 rings (SSSR count). The van der Waals surface area contributed by atoms with E-state index in [-0.39, 0.29) is 36.0 Å². The van der Waals surface area contributed by atoms with Crippen molar-refractivity contribution >= 4 is 5.91 Å². The SMILES string of the molecule is CC(C)c1cc(C(=O)N2C[C@@H](Cc3ccncc3)[C@@H](O)C2)c(O)c(C(C)C)c1. The van der Waals surface area contributed by atoms with E-state index >= 15 is 0 Å². The van der Waals surface area contributed by atoms with Crippen molar-refractivity contribution in [3.8, 4) is 5.75 Å². The molecule has 1 aromatic carbocycles. The zero-order chi connectivity index (χ0) is 20.4. The van der Waals surface area contributed by atoms with Gasteiger partial charge in [0.15, 0.2) is 0 Å². The van der Waals surface area contributed by atoms with Gasteiger partial charge >= 0.3 is 0 Å². The highest BCUT2D eigenvalue weighted by Gasteiger charge is 2.35. The largest absolute Gasteiger partial charge is 0.507 e. The molecular weight excluding hydrogens is 352 g/mol. The summed E-state index contributed by atoms with van der Waals surface area (Å²) < 4.78 is 0. The van der Waals surface area contributed by atoms with Crippen molar-refractivity contribution in [2.24, 2.45) is 5.92 Å². The van der Waals surface area contributed by atoms with Crippen molar-refractivity contribution in [3.05, 3.63) is 58.9 Å². The third kappa shape index (κ3) is 4.20. The molecule has 2 aromatic rings. The number of rotatable bonds is 5. The molecule has 2 N–H and O–H groups in total. The molecule has 0 spiro atoms. The van der Waals surface area contributed by atoms with Crippen molar-refractivity contribution in [1.29, 1.82) is 0 Å². The number of hydrogen-bond acceptors (Lipinski definition) is 4. The Bertz CT molecular complexity index is 833. The lowest BCUT2D eigenvalue weighted by atomic mass is 9.91. The Kier molecular flexibility index (Phi) is 6.04. The lowest BCUT2D eigenvalue weighted by molar-refractivity contribution is 0.0761. The lowest BCUT2D eigenvalue weighted by Gasteiger charge is -2.21. The highest BCUT2D eigenvalue weighted by Crippen LogP contribution is 2.34. The second-order valence-electron chi connectivity index (χ2n) is 8.41. The van der Waals surface area contributed by atoms with Crippen LogP contribution in [-0.2, 0) is 6.42 Å². The molecule has 2 heterocycles. The molecular formula is C23H30N2O3. The standard InChI is InChI=1S/C23H30N2O3/c1-14(2)17-10-19(15(3)4)22(27)20(11-17)23(28)25-12-18(21(26)13-25)9-16-5-7-24-8-6-16/h5-8,10-11,14-15,18,21,26-27H,9,12-13H2,1-4H3/t18-,21+/m1/s1. The highest BCUT2D eigenvalue weighted by molar-refractivity contribution is 5.97. The van der Waals surface area contributed by atoms with Gasteiger partial charge in [0, 0.05) is 31.4 Å². The number of benzene rings is 1. The van der Waals surface area contributed by atoms with E-state index in [1.807, 2.05) is 32.0 Å².